The van der Waals surface area contributed by atoms with E-state index in [1.165, 1.54) is 0 Å². The van der Waals surface area contributed by atoms with Crippen LogP contribution in [0.15, 0.2) is 0 Å². The highest BCUT2D eigenvalue weighted by Gasteiger charge is 2.39. The van der Waals surface area contributed by atoms with Gasteiger partial charge < -0.3 is 15.5 Å². The molecule has 1 saturated heterocycles. The van der Waals surface area contributed by atoms with E-state index in [1.54, 1.807) is 19.0 Å². The summed E-state index contributed by atoms with van der Waals surface area (Å²) in [6.45, 7) is 7.95. The van der Waals surface area contributed by atoms with E-state index in [1.807, 2.05) is 0 Å². The Kier molecular flexibility index (Phi) is 6.65. The van der Waals surface area contributed by atoms with Crippen LogP contribution in [0.1, 0.15) is 46.5 Å². The molecule has 1 heterocycles. The molecular formula is C16H31N3O2. The second-order valence-corrected chi connectivity index (χ2v) is 6.77. The number of piperidine rings is 1. The van der Waals surface area contributed by atoms with E-state index in [-0.39, 0.29) is 17.2 Å². The molecule has 1 aliphatic heterocycles. The molecule has 5 nitrogen and oxygen atoms in total. The van der Waals surface area contributed by atoms with Gasteiger partial charge in [-0.1, -0.05) is 20.8 Å². The van der Waals surface area contributed by atoms with E-state index in [2.05, 4.69) is 31.4 Å². The second kappa shape index (κ2) is 7.78. The Bertz CT molecular complexity index is 361. The number of hydrogen-bond donors (Lipinski definition) is 2. The fourth-order valence-electron chi connectivity index (χ4n) is 2.96. The number of rotatable bonds is 6. The number of hydrogen-bond acceptors (Lipinski definition) is 3. The minimum Gasteiger partial charge on any atom is -0.347 e. The molecule has 5 heteroatoms. The minimum absolute atomic E-state index is 0.0164. The average molecular weight is 297 g/mol. The molecule has 1 rings (SSSR count). The Balaban J connectivity index is 2.80. The first kappa shape index (κ1) is 18.0. The zero-order valence-corrected chi connectivity index (χ0v) is 14.2. The Morgan fingerprint density at radius 2 is 1.81 bits per heavy atom. The molecular weight excluding hydrogens is 266 g/mol. The summed E-state index contributed by atoms with van der Waals surface area (Å²) in [5.41, 5.74) is -0.312. The van der Waals surface area contributed by atoms with Crippen molar-refractivity contribution in [3.8, 4) is 0 Å². The fourth-order valence-corrected chi connectivity index (χ4v) is 2.96. The highest BCUT2D eigenvalue weighted by molar-refractivity contribution is 5.90. The van der Waals surface area contributed by atoms with Gasteiger partial charge in [0.05, 0.1) is 5.41 Å². The van der Waals surface area contributed by atoms with Gasteiger partial charge in [-0.25, -0.2) is 0 Å². The van der Waals surface area contributed by atoms with Gasteiger partial charge in [-0.05, 0) is 44.7 Å². The Morgan fingerprint density at radius 3 is 2.24 bits per heavy atom. The molecule has 1 atom stereocenters. The molecule has 0 saturated carbocycles. The lowest BCUT2D eigenvalue weighted by Crippen LogP contribution is -2.54. The van der Waals surface area contributed by atoms with Gasteiger partial charge in [-0.3, -0.25) is 9.59 Å². The van der Waals surface area contributed by atoms with E-state index < -0.39 is 6.04 Å². The first-order chi connectivity index (χ1) is 9.82. The molecule has 21 heavy (non-hydrogen) atoms. The number of carbonyl (C=O) groups excluding carboxylic acids is 2. The SMILES string of the molecule is CCC1(C(=O)NC(CC(C)C)C(=O)N(C)C)CCNCC1. The summed E-state index contributed by atoms with van der Waals surface area (Å²) >= 11 is 0. The standard InChI is InChI=1S/C16H31N3O2/c1-6-16(7-9-17-10-8-16)15(21)18-13(11-12(2)3)14(20)19(4)5/h12-13,17H,6-11H2,1-5H3,(H,18,21). The van der Waals surface area contributed by atoms with Crippen LogP contribution >= 0.6 is 0 Å². The third kappa shape index (κ3) is 4.70. The highest BCUT2D eigenvalue weighted by Crippen LogP contribution is 2.33. The van der Waals surface area contributed by atoms with Gasteiger partial charge in [0.25, 0.3) is 0 Å². The smallest absolute Gasteiger partial charge is 0.244 e. The molecule has 2 N–H and O–H groups in total. The topological polar surface area (TPSA) is 61.4 Å². The van der Waals surface area contributed by atoms with Crippen LogP contribution < -0.4 is 10.6 Å². The molecule has 0 aromatic heterocycles. The zero-order valence-electron chi connectivity index (χ0n) is 14.2. The molecule has 122 valence electrons. The van der Waals surface area contributed by atoms with Crippen molar-refractivity contribution < 1.29 is 9.59 Å². The first-order valence-electron chi connectivity index (χ1n) is 8.05. The van der Waals surface area contributed by atoms with Crippen molar-refractivity contribution >= 4 is 11.8 Å². The van der Waals surface area contributed by atoms with Gasteiger partial charge in [0, 0.05) is 14.1 Å². The molecule has 0 aliphatic carbocycles. The maximum absolute atomic E-state index is 12.8. The Labute approximate surface area is 128 Å². The van der Waals surface area contributed by atoms with Crippen LogP contribution in [0.2, 0.25) is 0 Å². The predicted molar refractivity (Wildman–Crippen MR) is 84.9 cm³/mol. The van der Waals surface area contributed by atoms with Crippen LogP contribution in [0.3, 0.4) is 0 Å². The lowest BCUT2D eigenvalue weighted by atomic mass is 9.75. The number of nitrogens with one attached hydrogen (secondary N) is 2. The minimum atomic E-state index is -0.411. The van der Waals surface area contributed by atoms with Gasteiger partial charge in [-0.15, -0.1) is 0 Å². The normalized spacial score (nSPS) is 19.1. The first-order valence-corrected chi connectivity index (χ1v) is 8.05. The average Bonchev–Trinajstić information content (AvgIpc) is 2.45. The van der Waals surface area contributed by atoms with Gasteiger partial charge in [0.1, 0.15) is 6.04 Å². The van der Waals surface area contributed by atoms with Gasteiger partial charge >= 0.3 is 0 Å². The molecule has 1 fully saturated rings. The summed E-state index contributed by atoms with van der Waals surface area (Å²) in [6.07, 6.45) is 3.20. The Morgan fingerprint density at radius 1 is 1.24 bits per heavy atom. The quantitative estimate of drug-likeness (QED) is 0.779. The van der Waals surface area contributed by atoms with E-state index in [9.17, 15) is 9.59 Å². The molecule has 1 aliphatic rings. The van der Waals surface area contributed by atoms with Crippen LogP contribution in [0, 0.1) is 11.3 Å². The van der Waals surface area contributed by atoms with E-state index in [0.29, 0.717) is 12.3 Å². The second-order valence-electron chi connectivity index (χ2n) is 6.77. The van der Waals surface area contributed by atoms with Gasteiger partial charge in [0.2, 0.25) is 11.8 Å². The number of nitrogens with zero attached hydrogens (tertiary/aromatic N) is 1. The van der Waals surface area contributed by atoms with E-state index in [0.717, 1.165) is 32.4 Å². The molecule has 0 aromatic carbocycles. The van der Waals surface area contributed by atoms with Gasteiger partial charge in [-0.2, -0.15) is 0 Å². The maximum Gasteiger partial charge on any atom is 0.244 e. The van der Waals surface area contributed by atoms with E-state index in [4.69, 9.17) is 0 Å². The van der Waals surface area contributed by atoms with Crippen LogP contribution in [0.4, 0.5) is 0 Å². The summed E-state index contributed by atoms with van der Waals surface area (Å²) in [7, 11) is 3.48. The summed E-state index contributed by atoms with van der Waals surface area (Å²) in [4.78, 5) is 26.6. The molecule has 2 amide bonds. The molecule has 0 spiro atoms. The van der Waals surface area contributed by atoms with Crippen LogP contribution in [-0.4, -0.2) is 49.9 Å². The van der Waals surface area contributed by atoms with Crippen LogP contribution in [0.5, 0.6) is 0 Å². The summed E-state index contributed by atoms with van der Waals surface area (Å²) in [5.74, 6) is 0.398. The summed E-state index contributed by atoms with van der Waals surface area (Å²) in [5, 5.41) is 6.33. The maximum atomic E-state index is 12.8. The Hall–Kier alpha value is -1.10. The van der Waals surface area contributed by atoms with E-state index >= 15 is 0 Å². The van der Waals surface area contributed by atoms with Crippen molar-refractivity contribution in [1.29, 1.82) is 0 Å². The lowest BCUT2D eigenvalue weighted by Gasteiger charge is -2.37. The monoisotopic (exact) mass is 297 g/mol. The third-order valence-corrected chi connectivity index (χ3v) is 4.47. The molecule has 0 radical (unpaired) electrons. The van der Waals surface area contributed by atoms with Crippen molar-refractivity contribution in [2.24, 2.45) is 11.3 Å². The zero-order chi connectivity index (χ0) is 16.0. The largest absolute Gasteiger partial charge is 0.347 e. The highest BCUT2D eigenvalue weighted by atomic mass is 16.2. The predicted octanol–water partition coefficient (Wildman–Crippen LogP) is 1.39. The molecule has 0 aromatic rings. The molecule has 0 bridgehead atoms. The third-order valence-electron chi connectivity index (χ3n) is 4.47. The summed E-state index contributed by atoms with van der Waals surface area (Å²) in [6, 6.07) is -0.411. The molecule has 1 unspecified atom stereocenters. The lowest BCUT2D eigenvalue weighted by molar-refractivity contribution is -0.139. The van der Waals surface area contributed by atoms with Crippen LogP contribution in [0.25, 0.3) is 0 Å². The van der Waals surface area contributed by atoms with Crippen molar-refractivity contribution in [2.75, 3.05) is 27.2 Å². The number of amides is 2. The summed E-state index contributed by atoms with van der Waals surface area (Å²) < 4.78 is 0. The van der Waals surface area contributed by atoms with Crippen molar-refractivity contribution in [3.05, 3.63) is 0 Å². The van der Waals surface area contributed by atoms with Crippen molar-refractivity contribution in [2.45, 2.75) is 52.5 Å². The van der Waals surface area contributed by atoms with Crippen molar-refractivity contribution in [1.82, 2.24) is 15.5 Å². The fraction of sp³-hybridized carbons (Fsp3) is 0.875. The van der Waals surface area contributed by atoms with Crippen molar-refractivity contribution in [3.63, 3.8) is 0 Å². The number of carbonyl (C=O) groups is 2. The van der Waals surface area contributed by atoms with Gasteiger partial charge in [0.15, 0.2) is 0 Å². The van der Waals surface area contributed by atoms with Crippen LogP contribution in [-0.2, 0) is 9.59 Å². The number of likely N-dealkylation sites (N-methyl/N-ethyl adjacent to an activating group) is 1.